The van der Waals surface area contributed by atoms with Gasteiger partial charge in [-0.3, -0.25) is 14.5 Å². The Hall–Kier alpha value is -2.23. The van der Waals surface area contributed by atoms with E-state index in [4.69, 9.17) is 0 Å². The molecule has 0 aromatic heterocycles. The Morgan fingerprint density at radius 3 is 2.31 bits per heavy atom. The predicted molar refractivity (Wildman–Crippen MR) is 124 cm³/mol. The van der Waals surface area contributed by atoms with E-state index >= 15 is 0 Å². The summed E-state index contributed by atoms with van der Waals surface area (Å²) in [5.41, 5.74) is 2.44. The van der Waals surface area contributed by atoms with Crippen LogP contribution in [0.15, 0.2) is 29.7 Å². The second-order valence-corrected chi connectivity index (χ2v) is 10.5. The van der Waals surface area contributed by atoms with Crippen LogP contribution in [0.3, 0.4) is 0 Å². The number of nitrogens with one attached hydrogen (secondary N) is 1. The molecule has 0 spiro atoms. The first-order valence-corrected chi connectivity index (χ1v) is 12.6. The van der Waals surface area contributed by atoms with E-state index in [2.05, 4.69) is 11.9 Å². The van der Waals surface area contributed by atoms with Gasteiger partial charge in [0.15, 0.2) is 0 Å². The molecule has 176 valence electrons. The standard InChI is InChI=1S/C23H34N4O4S/c1-5-8-24-21(28)16-25-10-12-26(13-11-25)23(29)20-7-6-9-27(20)32(30,31)22-18(3)14-17(2)15-19(22)4/h5,14-15,20H,1,6-13,16H2,2-4H3,(H,24,28). The maximum absolute atomic E-state index is 13.5. The van der Waals surface area contributed by atoms with Crippen molar-refractivity contribution in [3.63, 3.8) is 0 Å². The number of hydrogen-bond acceptors (Lipinski definition) is 5. The van der Waals surface area contributed by atoms with Gasteiger partial charge in [-0.25, -0.2) is 8.42 Å². The number of benzene rings is 1. The molecule has 3 rings (SSSR count). The highest BCUT2D eigenvalue weighted by Gasteiger charge is 2.42. The van der Waals surface area contributed by atoms with Crippen molar-refractivity contribution in [2.24, 2.45) is 0 Å². The Kier molecular flexibility index (Phi) is 7.74. The summed E-state index contributed by atoms with van der Waals surface area (Å²) in [6, 6.07) is 3.08. The number of piperazine rings is 1. The molecule has 2 amide bonds. The molecule has 2 aliphatic heterocycles. The average Bonchev–Trinajstić information content (AvgIpc) is 3.22. The lowest BCUT2D eigenvalue weighted by molar-refractivity contribution is -0.136. The molecular formula is C23H34N4O4S. The first-order chi connectivity index (χ1) is 15.1. The lowest BCUT2D eigenvalue weighted by atomic mass is 10.1. The van der Waals surface area contributed by atoms with Crippen molar-refractivity contribution in [3.8, 4) is 0 Å². The molecule has 0 radical (unpaired) electrons. The van der Waals surface area contributed by atoms with Crippen molar-refractivity contribution in [1.29, 1.82) is 0 Å². The number of aryl methyl sites for hydroxylation is 3. The Morgan fingerprint density at radius 1 is 1.09 bits per heavy atom. The topological polar surface area (TPSA) is 90.0 Å². The highest BCUT2D eigenvalue weighted by atomic mass is 32.2. The summed E-state index contributed by atoms with van der Waals surface area (Å²) in [4.78, 5) is 29.3. The van der Waals surface area contributed by atoms with Crippen LogP contribution >= 0.6 is 0 Å². The molecule has 1 unspecified atom stereocenters. The minimum absolute atomic E-state index is 0.0680. The number of carbonyl (C=O) groups is 2. The molecule has 32 heavy (non-hydrogen) atoms. The van der Waals surface area contributed by atoms with Gasteiger partial charge in [-0.1, -0.05) is 23.8 Å². The van der Waals surface area contributed by atoms with Crippen LogP contribution in [-0.4, -0.2) is 86.2 Å². The zero-order chi connectivity index (χ0) is 23.5. The molecule has 1 aromatic carbocycles. The molecule has 1 N–H and O–H groups in total. The zero-order valence-electron chi connectivity index (χ0n) is 19.3. The summed E-state index contributed by atoms with van der Waals surface area (Å²) < 4.78 is 28.5. The normalized spacial score (nSPS) is 20.3. The lowest BCUT2D eigenvalue weighted by Crippen LogP contribution is -2.55. The molecule has 1 aromatic rings. The number of carbonyl (C=O) groups excluding carboxylic acids is 2. The van der Waals surface area contributed by atoms with Crippen LogP contribution in [0.2, 0.25) is 0 Å². The molecule has 2 heterocycles. The maximum Gasteiger partial charge on any atom is 0.244 e. The van der Waals surface area contributed by atoms with E-state index in [1.165, 1.54) is 4.31 Å². The summed E-state index contributed by atoms with van der Waals surface area (Å²) >= 11 is 0. The molecule has 2 aliphatic rings. The van der Waals surface area contributed by atoms with Crippen LogP contribution < -0.4 is 5.32 Å². The second-order valence-electron chi connectivity index (χ2n) is 8.70. The molecule has 0 bridgehead atoms. The van der Waals surface area contributed by atoms with Crippen LogP contribution in [0.4, 0.5) is 0 Å². The monoisotopic (exact) mass is 462 g/mol. The highest BCUT2D eigenvalue weighted by molar-refractivity contribution is 7.89. The van der Waals surface area contributed by atoms with E-state index in [9.17, 15) is 18.0 Å². The molecule has 2 fully saturated rings. The van der Waals surface area contributed by atoms with Crippen LogP contribution in [0.5, 0.6) is 0 Å². The van der Waals surface area contributed by atoms with Gasteiger partial charge < -0.3 is 10.2 Å². The van der Waals surface area contributed by atoms with Gasteiger partial charge in [-0.15, -0.1) is 6.58 Å². The average molecular weight is 463 g/mol. The van der Waals surface area contributed by atoms with E-state index in [-0.39, 0.29) is 18.4 Å². The van der Waals surface area contributed by atoms with E-state index in [1.54, 1.807) is 11.0 Å². The van der Waals surface area contributed by atoms with Gasteiger partial charge in [0.25, 0.3) is 0 Å². The van der Waals surface area contributed by atoms with Gasteiger partial charge >= 0.3 is 0 Å². The summed E-state index contributed by atoms with van der Waals surface area (Å²) in [7, 11) is -3.77. The van der Waals surface area contributed by atoms with E-state index < -0.39 is 16.1 Å². The van der Waals surface area contributed by atoms with Crippen molar-refractivity contribution < 1.29 is 18.0 Å². The third-order valence-electron chi connectivity index (χ3n) is 6.15. The molecule has 2 saturated heterocycles. The first kappa shape index (κ1) is 24.4. The maximum atomic E-state index is 13.5. The van der Waals surface area contributed by atoms with Gasteiger partial charge in [0.05, 0.1) is 11.4 Å². The number of sulfonamides is 1. The Bertz CT molecular complexity index is 961. The SMILES string of the molecule is C=CCNC(=O)CN1CCN(C(=O)C2CCCN2S(=O)(=O)c2c(C)cc(C)cc2C)CC1. The number of amides is 2. The van der Waals surface area contributed by atoms with Crippen molar-refractivity contribution in [1.82, 2.24) is 19.4 Å². The highest BCUT2D eigenvalue weighted by Crippen LogP contribution is 2.31. The minimum atomic E-state index is -3.77. The fraction of sp³-hybridized carbons (Fsp3) is 0.565. The van der Waals surface area contributed by atoms with Crippen LogP contribution in [-0.2, 0) is 19.6 Å². The predicted octanol–water partition coefficient (Wildman–Crippen LogP) is 1.21. The van der Waals surface area contributed by atoms with Gasteiger partial charge in [0, 0.05) is 39.3 Å². The second kappa shape index (κ2) is 10.1. The quantitative estimate of drug-likeness (QED) is 0.616. The van der Waals surface area contributed by atoms with Crippen LogP contribution in [0.1, 0.15) is 29.5 Å². The number of hydrogen-bond donors (Lipinski definition) is 1. The van der Waals surface area contributed by atoms with Crippen molar-refractivity contribution in [3.05, 3.63) is 41.5 Å². The summed E-state index contributed by atoms with van der Waals surface area (Å²) in [5.74, 6) is -0.203. The van der Waals surface area contributed by atoms with E-state index in [1.807, 2.05) is 37.8 Å². The van der Waals surface area contributed by atoms with E-state index in [0.29, 0.717) is 68.1 Å². The first-order valence-electron chi connectivity index (χ1n) is 11.1. The number of nitrogens with zero attached hydrogens (tertiary/aromatic N) is 3. The van der Waals surface area contributed by atoms with Crippen molar-refractivity contribution >= 4 is 21.8 Å². The van der Waals surface area contributed by atoms with Gasteiger partial charge in [0.1, 0.15) is 6.04 Å². The molecule has 1 atom stereocenters. The third kappa shape index (κ3) is 5.22. The van der Waals surface area contributed by atoms with Crippen LogP contribution in [0.25, 0.3) is 0 Å². The van der Waals surface area contributed by atoms with Crippen LogP contribution in [0, 0.1) is 20.8 Å². The van der Waals surface area contributed by atoms with Gasteiger partial charge in [-0.05, 0) is 44.7 Å². The summed E-state index contributed by atoms with van der Waals surface area (Å²) in [5, 5.41) is 2.76. The van der Waals surface area contributed by atoms with Gasteiger partial charge in [-0.2, -0.15) is 4.31 Å². The molecule has 8 nitrogen and oxygen atoms in total. The molecule has 0 saturated carbocycles. The minimum Gasteiger partial charge on any atom is -0.352 e. The Balaban J connectivity index is 1.68. The zero-order valence-corrected chi connectivity index (χ0v) is 20.1. The Labute approximate surface area is 191 Å². The van der Waals surface area contributed by atoms with Crippen molar-refractivity contribution in [2.75, 3.05) is 45.8 Å². The van der Waals surface area contributed by atoms with Crippen molar-refractivity contribution in [2.45, 2.75) is 44.6 Å². The largest absolute Gasteiger partial charge is 0.352 e. The fourth-order valence-corrected chi connectivity index (χ4v) is 6.81. The van der Waals surface area contributed by atoms with Gasteiger partial charge in [0.2, 0.25) is 21.8 Å². The summed E-state index contributed by atoms with van der Waals surface area (Å²) in [6.07, 6.45) is 2.84. The summed E-state index contributed by atoms with van der Waals surface area (Å²) in [6.45, 7) is 12.4. The smallest absolute Gasteiger partial charge is 0.244 e. The molecule has 9 heteroatoms. The lowest BCUT2D eigenvalue weighted by Gasteiger charge is -2.37. The third-order valence-corrected chi connectivity index (χ3v) is 8.37. The molecule has 0 aliphatic carbocycles. The fourth-order valence-electron chi connectivity index (χ4n) is 4.75. The Morgan fingerprint density at radius 2 is 1.72 bits per heavy atom. The van der Waals surface area contributed by atoms with E-state index in [0.717, 1.165) is 5.56 Å². The molecular weight excluding hydrogens is 428 g/mol. The number of rotatable bonds is 7.